The number of amides is 1. The zero-order valence-corrected chi connectivity index (χ0v) is 11.1. The van der Waals surface area contributed by atoms with Gasteiger partial charge in [0.1, 0.15) is 5.82 Å². The third-order valence-corrected chi connectivity index (χ3v) is 3.98. The van der Waals surface area contributed by atoms with E-state index in [1.807, 2.05) is 36.4 Å². The van der Waals surface area contributed by atoms with Crippen LogP contribution in [0.4, 0.5) is 14.9 Å². The highest BCUT2D eigenvalue weighted by molar-refractivity contribution is 14.1. The van der Waals surface area contributed by atoms with Gasteiger partial charge in [-0.3, -0.25) is 4.90 Å². The summed E-state index contributed by atoms with van der Waals surface area (Å²) in [5, 5.41) is 9.19. The first-order valence-electron chi connectivity index (χ1n) is 4.84. The summed E-state index contributed by atoms with van der Waals surface area (Å²) in [6.07, 6.45) is -0.448. The summed E-state index contributed by atoms with van der Waals surface area (Å²) >= 11 is 1.93. The predicted molar refractivity (Wildman–Crippen MR) is 67.4 cm³/mol. The Morgan fingerprint density at radius 1 is 1.56 bits per heavy atom. The van der Waals surface area contributed by atoms with Crippen molar-refractivity contribution in [1.29, 1.82) is 0 Å². The molecule has 0 aliphatic carbocycles. The Kier molecular flexibility index (Phi) is 2.60. The molecule has 2 rings (SSSR count). The molecule has 0 fully saturated rings. The van der Waals surface area contributed by atoms with Crippen LogP contribution in [-0.4, -0.2) is 16.7 Å². The minimum absolute atomic E-state index is 0.289. The molecule has 0 saturated heterocycles. The Balaban J connectivity index is 2.63. The number of fused-ring (bicyclic) bond motifs is 1. The zero-order valence-electron chi connectivity index (χ0n) is 8.92. The average molecular weight is 335 g/mol. The van der Waals surface area contributed by atoms with E-state index in [0.29, 0.717) is 15.7 Å². The first-order chi connectivity index (χ1) is 7.34. The standard InChI is InChI=1S/C11H11FINO2/c1-11(2)5-6-8(14(11)10(15)16)4-3-7(12)9(6)13/h3-4H,5H2,1-2H3,(H,15,16). The second kappa shape index (κ2) is 3.58. The number of hydrogen-bond acceptors (Lipinski definition) is 1. The molecule has 86 valence electrons. The molecule has 0 atom stereocenters. The van der Waals surface area contributed by atoms with E-state index in [0.717, 1.165) is 5.56 Å². The van der Waals surface area contributed by atoms with Crippen LogP contribution in [0.25, 0.3) is 0 Å². The minimum Gasteiger partial charge on any atom is -0.465 e. The third-order valence-electron chi connectivity index (χ3n) is 2.82. The van der Waals surface area contributed by atoms with Crippen LogP contribution in [-0.2, 0) is 6.42 Å². The number of rotatable bonds is 0. The summed E-state index contributed by atoms with van der Waals surface area (Å²) in [6.45, 7) is 3.68. The summed E-state index contributed by atoms with van der Waals surface area (Å²) < 4.78 is 13.9. The molecular formula is C11H11FINO2. The van der Waals surface area contributed by atoms with Crippen molar-refractivity contribution < 1.29 is 14.3 Å². The van der Waals surface area contributed by atoms with E-state index in [-0.39, 0.29) is 5.82 Å². The third kappa shape index (κ3) is 1.57. The lowest BCUT2D eigenvalue weighted by molar-refractivity contribution is 0.196. The van der Waals surface area contributed by atoms with Crippen molar-refractivity contribution in [1.82, 2.24) is 0 Å². The summed E-state index contributed by atoms with van der Waals surface area (Å²) in [4.78, 5) is 12.5. The van der Waals surface area contributed by atoms with Crippen molar-refractivity contribution in [3.63, 3.8) is 0 Å². The topological polar surface area (TPSA) is 40.5 Å². The van der Waals surface area contributed by atoms with Crippen LogP contribution in [0.3, 0.4) is 0 Å². The van der Waals surface area contributed by atoms with Crippen LogP contribution in [0.5, 0.6) is 0 Å². The molecule has 1 aromatic carbocycles. The number of anilines is 1. The van der Waals surface area contributed by atoms with Gasteiger partial charge in [0.05, 0.1) is 9.26 Å². The molecule has 5 heteroatoms. The molecule has 1 aliphatic heterocycles. The lowest BCUT2D eigenvalue weighted by atomic mass is 10.00. The van der Waals surface area contributed by atoms with Crippen LogP contribution in [0.2, 0.25) is 0 Å². The quantitative estimate of drug-likeness (QED) is 0.740. The fourth-order valence-corrected chi connectivity index (χ4v) is 2.81. The van der Waals surface area contributed by atoms with Crippen molar-refractivity contribution in [2.24, 2.45) is 0 Å². The van der Waals surface area contributed by atoms with Crippen molar-refractivity contribution in [3.05, 3.63) is 27.1 Å². The summed E-state index contributed by atoms with van der Waals surface area (Å²) in [7, 11) is 0. The maximum Gasteiger partial charge on any atom is 0.412 e. The van der Waals surface area contributed by atoms with Crippen molar-refractivity contribution in [2.45, 2.75) is 25.8 Å². The average Bonchev–Trinajstić information content (AvgIpc) is 2.43. The number of halogens is 2. The Morgan fingerprint density at radius 3 is 2.75 bits per heavy atom. The van der Waals surface area contributed by atoms with E-state index in [1.54, 1.807) is 0 Å². The molecule has 0 unspecified atom stereocenters. The van der Waals surface area contributed by atoms with Gasteiger partial charge in [0.2, 0.25) is 0 Å². The molecule has 1 heterocycles. The van der Waals surface area contributed by atoms with E-state index < -0.39 is 11.6 Å². The van der Waals surface area contributed by atoms with Gasteiger partial charge in [0.15, 0.2) is 0 Å². The monoisotopic (exact) mass is 335 g/mol. The zero-order chi connectivity index (χ0) is 12.1. The molecule has 0 radical (unpaired) electrons. The van der Waals surface area contributed by atoms with Crippen LogP contribution in [0.15, 0.2) is 12.1 Å². The summed E-state index contributed by atoms with van der Waals surface area (Å²) in [5.74, 6) is -0.289. The fraction of sp³-hybridized carbons (Fsp3) is 0.364. The second-order valence-corrected chi connectivity index (χ2v) is 5.54. The van der Waals surface area contributed by atoms with Gasteiger partial charge in [-0.1, -0.05) is 0 Å². The molecule has 3 nitrogen and oxygen atoms in total. The Bertz CT molecular complexity index is 473. The van der Waals surface area contributed by atoms with Gasteiger partial charge >= 0.3 is 6.09 Å². The molecule has 16 heavy (non-hydrogen) atoms. The first kappa shape index (κ1) is 11.6. The fourth-order valence-electron chi connectivity index (χ4n) is 2.16. The second-order valence-electron chi connectivity index (χ2n) is 4.47. The van der Waals surface area contributed by atoms with Gasteiger partial charge in [0.25, 0.3) is 0 Å². The van der Waals surface area contributed by atoms with Gasteiger partial charge in [-0.25, -0.2) is 9.18 Å². The van der Waals surface area contributed by atoms with E-state index in [9.17, 15) is 14.3 Å². The summed E-state index contributed by atoms with van der Waals surface area (Å²) in [5.41, 5.74) is 0.873. The lowest BCUT2D eigenvalue weighted by Gasteiger charge is -2.29. The van der Waals surface area contributed by atoms with Gasteiger partial charge in [-0.15, -0.1) is 0 Å². The number of carbonyl (C=O) groups is 1. The highest BCUT2D eigenvalue weighted by Gasteiger charge is 2.41. The molecule has 1 aliphatic rings. The molecule has 0 bridgehead atoms. The minimum atomic E-state index is -0.994. The molecule has 1 aromatic rings. The van der Waals surface area contributed by atoms with Crippen LogP contribution >= 0.6 is 22.6 Å². The lowest BCUT2D eigenvalue weighted by Crippen LogP contribution is -2.44. The van der Waals surface area contributed by atoms with Crippen LogP contribution in [0, 0.1) is 9.39 Å². The van der Waals surface area contributed by atoms with E-state index in [1.165, 1.54) is 17.0 Å². The number of nitrogens with zero attached hydrogens (tertiary/aromatic N) is 1. The molecule has 1 N–H and O–H groups in total. The van der Waals surface area contributed by atoms with Crippen molar-refractivity contribution in [3.8, 4) is 0 Å². The largest absolute Gasteiger partial charge is 0.465 e. The molecule has 0 aromatic heterocycles. The maximum atomic E-state index is 13.4. The maximum absolute atomic E-state index is 13.4. The molecule has 1 amide bonds. The van der Waals surface area contributed by atoms with Gasteiger partial charge in [-0.2, -0.15) is 0 Å². The van der Waals surface area contributed by atoms with E-state index >= 15 is 0 Å². The van der Waals surface area contributed by atoms with Crippen LogP contribution < -0.4 is 4.90 Å². The van der Waals surface area contributed by atoms with Gasteiger partial charge in [0, 0.05) is 5.54 Å². The Hall–Kier alpha value is -0.850. The number of hydrogen-bond donors (Lipinski definition) is 1. The van der Waals surface area contributed by atoms with Crippen molar-refractivity contribution >= 4 is 34.4 Å². The predicted octanol–water partition coefficient (Wildman–Crippen LogP) is 3.25. The first-order valence-corrected chi connectivity index (χ1v) is 5.92. The normalized spacial score (nSPS) is 17.4. The number of benzene rings is 1. The van der Waals surface area contributed by atoms with Crippen LogP contribution in [0.1, 0.15) is 19.4 Å². The van der Waals surface area contributed by atoms with Crippen molar-refractivity contribution in [2.75, 3.05) is 4.90 Å². The van der Waals surface area contributed by atoms with Gasteiger partial charge < -0.3 is 5.11 Å². The highest BCUT2D eigenvalue weighted by Crippen LogP contribution is 2.41. The molecular weight excluding hydrogens is 324 g/mol. The molecule has 0 spiro atoms. The van der Waals surface area contributed by atoms with E-state index in [2.05, 4.69) is 0 Å². The van der Waals surface area contributed by atoms with E-state index in [4.69, 9.17) is 0 Å². The Labute approximate surface area is 106 Å². The smallest absolute Gasteiger partial charge is 0.412 e. The van der Waals surface area contributed by atoms with Gasteiger partial charge in [-0.05, 0) is 60.6 Å². The highest BCUT2D eigenvalue weighted by atomic mass is 127. The molecule has 0 saturated carbocycles. The SMILES string of the molecule is CC1(C)Cc2c(ccc(F)c2I)N1C(=O)O. The number of carboxylic acid groups (broad SMARTS) is 1. The summed E-state index contributed by atoms with van der Waals surface area (Å²) in [6, 6.07) is 2.85. The Morgan fingerprint density at radius 2 is 2.19 bits per heavy atom.